The van der Waals surface area contributed by atoms with Crippen LogP contribution in [0.4, 0.5) is 0 Å². The van der Waals surface area contributed by atoms with E-state index in [1.54, 1.807) is 6.92 Å². The van der Waals surface area contributed by atoms with Crippen molar-refractivity contribution < 1.29 is 14.4 Å². The molecule has 18 heavy (non-hydrogen) atoms. The van der Waals surface area contributed by atoms with E-state index in [9.17, 15) is 5.11 Å². The highest BCUT2D eigenvalue weighted by atomic mass is 16.5. The predicted octanol–water partition coefficient (Wildman–Crippen LogP) is 2.40. The fourth-order valence-corrected chi connectivity index (χ4v) is 1.57. The first kappa shape index (κ1) is 12.6. The SMILES string of the molecule is CC[C@@H](O)c1ccc(OCc2noc(C)n2)cc1. The van der Waals surface area contributed by atoms with Crippen LogP contribution in [0, 0.1) is 6.92 Å². The van der Waals surface area contributed by atoms with E-state index in [1.807, 2.05) is 31.2 Å². The zero-order valence-electron chi connectivity index (χ0n) is 10.5. The Kier molecular flexibility index (Phi) is 3.94. The van der Waals surface area contributed by atoms with E-state index in [1.165, 1.54) is 0 Å². The Balaban J connectivity index is 1.94. The van der Waals surface area contributed by atoms with Gasteiger partial charge in [-0.05, 0) is 24.1 Å². The molecule has 0 radical (unpaired) electrons. The van der Waals surface area contributed by atoms with E-state index in [4.69, 9.17) is 9.26 Å². The number of ether oxygens (including phenoxy) is 1. The molecule has 0 aliphatic carbocycles. The van der Waals surface area contributed by atoms with Crippen molar-refractivity contribution in [3.05, 3.63) is 41.5 Å². The van der Waals surface area contributed by atoms with Gasteiger partial charge in [-0.15, -0.1) is 0 Å². The topological polar surface area (TPSA) is 68.4 Å². The first-order valence-corrected chi connectivity index (χ1v) is 5.89. The molecule has 0 spiro atoms. The van der Waals surface area contributed by atoms with Crippen LogP contribution in [0.15, 0.2) is 28.8 Å². The van der Waals surface area contributed by atoms with E-state index in [2.05, 4.69) is 10.1 Å². The Morgan fingerprint density at radius 1 is 1.33 bits per heavy atom. The summed E-state index contributed by atoms with van der Waals surface area (Å²) in [7, 11) is 0. The summed E-state index contributed by atoms with van der Waals surface area (Å²) >= 11 is 0. The van der Waals surface area contributed by atoms with Gasteiger partial charge in [-0.3, -0.25) is 0 Å². The van der Waals surface area contributed by atoms with E-state index in [-0.39, 0.29) is 6.61 Å². The van der Waals surface area contributed by atoms with Crippen molar-refractivity contribution in [2.75, 3.05) is 0 Å². The maximum absolute atomic E-state index is 9.66. The van der Waals surface area contributed by atoms with Gasteiger partial charge in [0.05, 0.1) is 6.10 Å². The van der Waals surface area contributed by atoms with Crippen LogP contribution in [0.3, 0.4) is 0 Å². The van der Waals surface area contributed by atoms with Crippen LogP contribution in [0.5, 0.6) is 5.75 Å². The standard InChI is InChI=1S/C13H16N2O3/c1-3-12(16)10-4-6-11(7-5-10)17-8-13-14-9(2)18-15-13/h4-7,12,16H,3,8H2,1-2H3/t12-/m1/s1. The molecule has 1 aromatic carbocycles. The van der Waals surface area contributed by atoms with Crippen molar-refractivity contribution in [3.8, 4) is 5.75 Å². The summed E-state index contributed by atoms with van der Waals surface area (Å²) in [5, 5.41) is 13.4. The van der Waals surface area contributed by atoms with Crippen molar-refractivity contribution in [1.82, 2.24) is 10.1 Å². The van der Waals surface area contributed by atoms with Gasteiger partial charge in [-0.2, -0.15) is 4.98 Å². The van der Waals surface area contributed by atoms with E-state index in [0.29, 0.717) is 23.9 Å². The molecule has 0 fully saturated rings. The lowest BCUT2D eigenvalue weighted by atomic mass is 10.1. The second-order valence-corrected chi connectivity index (χ2v) is 4.01. The lowest BCUT2D eigenvalue weighted by Crippen LogP contribution is -1.99. The lowest BCUT2D eigenvalue weighted by Gasteiger charge is -2.09. The van der Waals surface area contributed by atoms with Crippen molar-refractivity contribution in [1.29, 1.82) is 0 Å². The number of aromatic nitrogens is 2. The number of hydrogen-bond donors (Lipinski definition) is 1. The Morgan fingerprint density at radius 3 is 2.61 bits per heavy atom. The van der Waals surface area contributed by atoms with Crippen LogP contribution >= 0.6 is 0 Å². The molecule has 1 aromatic heterocycles. The highest BCUT2D eigenvalue weighted by Crippen LogP contribution is 2.20. The molecule has 0 aliphatic rings. The maximum Gasteiger partial charge on any atom is 0.223 e. The fourth-order valence-electron chi connectivity index (χ4n) is 1.57. The van der Waals surface area contributed by atoms with Gasteiger partial charge in [0, 0.05) is 6.92 Å². The molecule has 0 saturated carbocycles. The number of aryl methyl sites for hydroxylation is 1. The van der Waals surface area contributed by atoms with Crippen LogP contribution in [-0.2, 0) is 6.61 Å². The number of hydrogen-bond acceptors (Lipinski definition) is 5. The average Bonchev–Trinajstić information content (AvgIpc) is 2.82. The van der Waals surface area contributed by atoms with Gasteiger partial charge < -0.3 is 14.4 Å². The highest BCUT2D eigenvalue weighted by Gasteiger charge is 2.06. The van der Waals surface area contributed by atoms with Gasteiger partial charge in [0.2, 0.25) is 11.7 Å². The second kappa shape index (κ2) is 5.64. The van der Waals surface area contributed by atoms with Gasteiger partial charge >= 0.3 is 0 Å². The van der Waals surface area contributed by atoms with Gasteiger partial charge in [0.15, 0.2) is 6.61 Å². The minimum absolute atomic E-state index is 0.271. The summed E-state index contributed by atoms with van der Waals surface area (Å²) < 4.78 is 10.4. The molecule has 5 nitrogen and oxygen atoms in total. The molecular weight excluding hydrogens is 232 g/mol. The van der Waals surface area contributed by atoms with Gasteiger partial charge in [0.25, 0.3) is 0 Å². The van der Waals surface area contributed by atoms with Crippen LogP contribution in [-0.4, -0.2) is 15.2 Å². The van der Waals surface area contributed by atoms with E-state index in [0.717, 1.165) is 5.56 Å². The van der Waals surface area contributed by atoms with E-state index >= 15 is 0 Å². The second-order valence-electron chi connectivity index (χ2n) is 4.01. The molecule has 2 rings (SSSR count). The Morgan fingerprint density at radius 2 is 2.06 bits per heavy atom. The molecule has 2 aromatic rings. The average molecular weight is 248 g/mol. The molecule has 0 unspecified atom stereocenters. The number of rotatable bonds is 5. The summed E-state index contributed by atoms with van der Waals surface area (Å²) in [6, 6.07) is 7.35. The van der Waals surface area contributed by atoms with E-state index < -0.39 is 6.10 Å². The predicted molar refractivity (Wildman–Crippen MR) is 65.1 cm³/mol. The van der Waals surface area contributed by atoms with Crippen LogP contribution in [0.2, 0.25) is 0 Å². The minimum Gasteiger partial charge on any atom is -0.485 e. The smallest absolute Gasteiger partial charge is 0.223 e. The number of nitrogens with zero attached hydrogens (tertiary/aromatic N) is 2. The molecule has 0 saturated heterocycles. The molecule has 1 atom stereocenters. The number of aliphatic hydroxyl groups excluding tert-OH is 1. The summed E-state index contributed by atoms with van der Waals surface area (Å²) in [4.78, 5) is 4.04. The van der Waals surface area contributed by atoms with Crippen molar-refractivity contribution >= 4 is 0 Å². The molecule has 0 amide bonds. The zero-order chi connectivity index (χ0) is 13.0. The van der Waals surface area contributed by atoms with Crippen molar-refractivity contribution in [3.63, 3.8) is 0 Å². The third-order valence-electron chi connectivity index (χ3n) is 2.59. The van der Waals surface area contributed by atoms with Crippen LogP contribution < -0.4 is 4.74 Å². The number of benzene rings is 1. The van der Waals surface area contributed by atoms with Gasteiger partial charge in [-0.25, -0.2) is 0 Å². The summed E-state index contributed by atoms with van der Waals surface area (Å²) in [5.74, 6) is 1.75. The highest BCUT2D eigenvalue weighted by molar-refractivity contribution is 5.28. The maximum atomic E-state index is 9.66. The first-order chi connectivity index (χ1) is 8.69. The number of aliphatic hydroxyl groups is 1. The molecule has 0 aliphatic heterocycles. The lowest BCUT2D eigenvalue weighted by molar-refractivity contribution is 0.173. The molecule has 0 bridgehead atoms. The van der Waals surface area contributed by atoms with Crippen LogP contribution in [0.25, 0.3) is 0 Å². The Hall–Kier alpha value is -1.88. The Labute approximate surface area is 105 Å². The minimum atomic E-state index is -0.418. The van der Waals surface area contributed by atoms with Gasteiger partial charge in [-0.1, -0.05) is 24.2 Å². The molecule has 96 valence electrons. The van der Waals surface area contributed by atoms with Gasteiger partial charge in [0.1, 0.15) is 5.75 Å². The molecular formula is C13H16N2O3. The van der Waals surface area contributed by atoms with Crippen LogP contribution in [0.1, 0.15) is 36.7 Å². The van der Waals surface area contributed by atoms with Crippen molar-refractivity contribution in [2.24, 2.45) is 0 Å². The normalized spacial score (nSPS) is 12.4. The molecule has 5 heteroatoms. The zero-order valence-corrected chi connectivity index (χ0v) is 10.5. The monoisotopic (exact) mass is 248 g/mol. The summed E-state index contributed by atoms with van der Waals surface area (Å²) in [6.07, 6.45) is 0.279. The largest absolute Gasteiger partial charge is 0.485 e. The fraction of sp³-hybridized carbons (Fsp3) is 0.385. The van der Waals surface area contributed by atoms with Crippen molar-refractivity contribution in [2.45, 2.75) is 33.0 Å². The Bertz CT molecular complexity index is 493. The summed E-state index contributed by atoms with van der Waals surface area (Å²) in [6.45, 7) is 3.94. The third kappa shape index (κ3) is 3.07. The third-order valence-corrected chi connectivity index (χ3v) is 2.59. The summed E-state index contributed by atoms with van der Waals surface area (Å²) in [5.41, 5.74) is 0.889. The molecule has 1 heterocycles. The first-order valence-electron chi connectivity index (χ1n) is 5.89. The quantitative estimate of drug-likeness (QED) is 0.879. The molecule has 1 N–H and O–H groups in total.